The maximum Gasteiger partial charge on any atom is 0.240 e. The number of hydrogen-bond acceptors (Lipinski definition) is 6. The van der Waals surface area contributed by atoms with Crippen molar-refractivity contribution >= 4 is 15.7 Å². The van der Waals surface area contributed by atoms with Crippen molar-refractivity contribution in [2.24, 2.45) is 0 Å². The lowest BCUT2D eigenvalue weighted by molar-refractivity contribution is 0.354. The molecule has 7 nitrogen and oxygen atoms in total. The minimum absolute atomic E-state index is 0.111. The molecule has 8 heteroatoms. The van der Waals surface area contributed by atoms with Crippen molar-refractivity contribution in [3.8, 4) is 11.5 Å². The van der Waals surface area contributed by atoms with Crippen LogP contribution in [0.3, 0.4) is 0 Å². The Hall–Kier alpha value is -2.97. The zero-order valence-corrected chi connectivity index (χ0v) is 17.7. The Balaban J connectivity index is 1.59. The molecule has 0 radical (unpaired) electrons. The van der Waals surface area contributed by atoms with E-state index in [1.54, 1.807) is 12.3 Å². The molecular formula is C22H24N2O5S. The fraction of sp³-hybridized carbons (Fsp3) is 0.273. The standard InChI is InChI=1S/C22H24N2O5S/c1-27-21-10-9-17(14-22(21)28-2)30(25,26)23-15-19(20-8-5-13-29-20)24-12-11-16-6-3-4-7-18(16)24/h3-10,13-14,19,23H,11-12,15H2,1-2H3/t19-/m0/s1. The number of nitrogens with one attached hydrogen (secondary N) is 1. The molecule has 1 aliphatic rings. The van der Waals surface area contributed by atoms with Gasteiger partial charge in [0.15, 0.2) is 11.5 Å². The normalized spacial score (nSPS) is 14.4. The third kappa shape index (κ3) is 3.88. The highest BCUT2D eigenvalue weighted by Crippen LogP contribution is 2.35. The number of benzene rings is 2. The molecule has 1 aliphatic heterocycles. The molecule has 0 aliphatic carbocycles. The highest BCUT2D eigenvalue weighted by molar-refractivity contribution is 7.89. The average molecular weight is 429 g/mol. The quantitative estimate of drug-likeness (QED) is 0.592. The van der Waals surface area contributed by atoms with E-state index in [4.69, 9.17) is 13.9 Å². The van der Waals surface area contributed by atoms with Crippen LogP contribution < -0.4 is 19.1 Å². The zero-order valence-electron chi connectivity index (χ0n) is 16.9. The van der Waals surface area contributed by atoms with Gasteiger partial charge in [-0.3, -0.25) is 0 Å². The number of ether oxygens (including phenoxy) is 2. The van der Waals surface area contributed by atoms with Crippen LogP contribution in [0.25, 0.3) is 0 Å². The summed E-state index contributed by atoms with van der Waals surface area (Å²) in [5.41, 5.74) is 2.35. The summed E-state index contributed by atoms with van der Waals surface area (Å²) >= 11 is 0. The molecule has 158 valence electrons. The first kappa shape index (κ1) is 20.3. The summed E-state index contributed by atoms with van der Waals surface area (Å²) in [6.07, 6.45) is 2.52. The van der Waals surface area contributed by atoms with Gasteiger partial charge in [0, 0.05) is 24.8 Å². The van der Waals surface area contributed by atoms with Gasteiger partial charge >= 0.3 is 0 Å². The molecule has 0 spiro atoms. The number of anilines is 1. The molecule has 0 saturated heterocycles. The van der Waals surface area contributed by atoms with Gasteiger partial charge in [0.05, 0.1) is 25.4 Å². The van der Waals surface area contributed by atoms with E-state index in [0.29, 0.717) is 17.3 Å². The maximum atomic E-state index is 13.0. The summed E-state index contributed by atoms with van der Waals surface area (Å²) < 4.78 is 44.8. The monoisotopic (exact) mass is 428 g/mol. The molecule has 0 saturated carbocycles. The number of furan rings is 1. The number of fused-ring (bicyclic) bond motifs is 1. The van der Waals surface area contributed by atoms with Crippen LogP contribution in [-0.2, 0) is 16.4 Å². The van der Waals surface area contributed by atoms with Crippen molar-refractivity contribution in [3.63, 3.8) is 0 Å². The highest BCUT2D eigenvalue weighted by Gasteiger charge is 2.30. The lowest BCUT2D eigenvalue weighted by Crippen LogP contribution is -2.37. The first-order chi connectivity index (χ1) is 14.5. The molecule has 2 aromatic carbocycles. The Bertz CT molecular complexity index is 1110. The number of rotatable bonds is 8. The molecular weight excluding hydrogens is 404 g/mol. The largest absolute Gasteiger partial charge is 0.493 e. The molecule has 0 amide bonds. The lowest BCUT2D eigenvalue weighted by atomic mass is 10.1. The second kappa shape index (κ2) is 8.41. The Labute approximate surface area is 176 Å². The van der Waals surface area contributed by atoms with Gasteiger partial charge in [-0.1, -0.05) is 18.2 Å². The van der Waals surface area contributed by atoms with Crippen molar-refractivity contribution in [1.82, 2.24) is 4.72 Å². The van der Waals surface area contributed by atoms with E-state index in [0.717, 1.165) is 18.7 Å². The number of para-hydroxylation sites is 1. The van der Waals surface area contributed by atoms with Crippen LogP contribution in [0.5, 0.6) is 11.5 Å². The van der Waals surface area contributed by atoms with Crippen molar-refractivity contribution in [1.29, 1.82) is 0 Å². The van der Waals surface area contributed by atoms with Gasteiger partial charge in [0.1, 0.15) is 11.8 Å². The number of nitrogens with zero attached hydrogens (tertiary/aromatic N) is 1. The molecule has 0 unspecified atom stereocenters. The number of hydrogen-bond donors (Lipinski definition) is 1. The highest BCUT2D eigenvalue weighted by atomic mass is 32.2. The summed E-state index contributed by atoms with van der Waals surface area (Å²) in [6.45, 7) is 0.960. The Kier molecular flexibility index (Phi) is 5.69. The minimum Gasteiger partial charge on any atom is -0.493 e. The summed E-state index contributed by atoms with van der Waals surface area (Å²) in [4.78, 5) is 2.30. The van der Waals surface area contributed by atoms with E-state index in [1.165, 1.54) is 31.9 Å². The lowest BCUT2D eigenvalue weighted by Gasteiger charge is -2.29. The molecule has 2 heterocycles. The van der Waals surface area contributed by atoms with Crippen molar-refractivity contribution in [2.75, 3.05) is 32.2 Å². The van der Waals surface area contributed by atoms with Gasteiger partial charge in [0.2, 0.25) is 10.0 Å². The SMILES string of the molecule is COc1ccc(S(=O)(=O)NC[C@@H](c2ccco2)N2CCc3ccccc32)cc1OC. The van der Waals surface area contributed by atoms with Crippen LogP contribution in [0.15, 0.2) is 70.2 Å². The van der Waals surface area contributed by atoms with Gasteiger partial charge < -0.3 is 18.8 Å². The van der Waals surface area contributed by atoms with Crippen LogP contribution in [0.1, 0.15) is 17.4 Å². The molecule has 0 fully saturated rings. The van der Waals surface area contributed by atoms with Crippen LogP contribution in [-0.4, -0.2) is 35.7 Å². The first-order valence-corrected chi connectivity index (χ1v) is 11.1. The molecule has 1 aromatic heterocycles. The third-order valence-electron chi connectivity index (χ3n) is 5.30. The second-order valence-corrected chi connectivity index (χ2v) is 8.74. The van der Waals surface area contributed by atoms with Gasteiger partial charge in [-0.2, -0.15) is 0 Å². The summed E-state index contributed by atoms with van der Waals surface area (Å²) in [5, 5.41) is 0. The molecule has 4 rings (SSSR count). The zero-order chi connectivity index (χ0) is 21.1. The number of sulfonamides is 1. The maximum absolute atomic E-state index is 13.0. The number of methoxy groups -OCH3 is 2. The predicted octanol–water partition coefficient (Wildman–Crippen LogP) is 3.38. The molecule has 3 aromatic rings. The predicted molar refractivity (Wildman–Crippen MR) is 114 cm³/mol. The van der Waals surface area contributed by atoms with E-state index < -0.39 is 10.0 Å². The molecule has 1 atom stereocenters. The van der Waals surface area contributed by atoms with Crippen molar-refractivity contribution in [2.45, 2.75) is 17.4 Å². The Morgan fingerprint density at radius 2 is 1.87 bits per heavy atom. The van der Waals surface area contributed by atoms with E-state index in [2.05, 4.69) is 21.8 Å². The van der Waals surface area contributed by atoms with Crippen LogP contribution in [0.2, 0.25) is 0 Å². The van der Waals surface area contributed by atoms with E-state index in [-0.39, 0.29) is 17.5 Å². The Morgan fingerprint density at radius 1 is 1.07 bits per heavy atom. The minimum atomic E-state index is -3.76. The smallest absolute Gasteiger partial charge is 0.240 e. The van der Waals surface area contributed by atoms with Gasteiger partial charge in [-0.15, -0.1) is 0 Å². The van der Waals surface area contributed by atoms with Gasteiger partial charge in [0.25, 0.3) is 0 Å². The molecule has 1 N–H and O–H groups in total. The summed E-state index contributed by atoms with van der Waals surface area (Å²) in [5.74, 6) is 1.54. The van der Waals surface area contributed by atoms with Crippen molar-refractivity contribution < 1.29 is 22.3 Å². The van der Waals surface area contributed by atoms with Crippen LogP contribution in [0, 0.1) is 0 Å². The third-order valence-corrected chi connectivity index (χ3v) is 6.72. The topological polar surface area (TPSA) is 81.0 Å². The van der Waals surface area contributed by atoms with Gasteiger partial charge in [-0.05, 0) is 42.3 Å². The Morgan fingerprint density at radius 3 is 2.60 bits per heavy atom. The van der Waals surface area contributed by atoms with E-state index >= 15 is 0 Å². The van der Waals surface area contributed by atoms with Gasteiger partial charge in [-0.25, -0.2) is 13.1 Å². The van der Waals surface area contributed by atoms with Crippen molar-refractivity contribution in [3.05, 3.63) is 72.2 Å². The molecule has 0 bridgehead atoms. The fourth-order valence-corrected chi connectivity index (χ4v) is 4.84. The van der Waals surface area contributed by atoms with E-state index in [9.17, 15) is 8.42 Å². The fourth-order valence-electron chi connectivity index (χ4n) is 3.79. The van der Waals surface area contributed by atoms with Crippen LogP contribution >= 0.6 is 0 Å². The first-order valence-electron chi connectivity index (χ1n) is 9.63. The molecule has 30 heavy (non-hydrogen) atoms. The summed E-state index contributed by atoms with van der Waals surface area (Å²) in [7, 11) is -0.787. The van der Waals surface area contributed by atoms with Crippen LogP contribution in [0.4, 0.5) is 5.69 Å². The second-order valence-electron chi connectivity index (χ2n) is 6.97. The van der Waals surface area contributed by atoms with E-state index in [1.807, 2.05) is 24.3 Å². The average Bonchev–Trinajstić information content (AvgIpc) is 3.44. The summed E-state index contributed by atoms with van der Waals surface area (Å²) in [6, 6.07) is 16.1.